The molecule has 0 saturated carbocycles. The van der Waals surface area contributed by atoms with Crippen LogP contribution in [0.3, 0.4) is 0 Å². The van der Waals surface area contributed by atoms with Crippen molar-refractivity contribution in [1.29, 1.82) is 0 Å². The first-order valence-corrected chi connectivity index (χ1v) is 9.93. The predicted octanol–water partition coefficient (Wildman–Crippen LogP) is 7.50. The van der Waals surface area contributed by atoms with Gasteiger partial charge in [0.15, 0.2) is 0 Å². The van der Waals surface area contributed by atoms with Crippen LogP contribution in [-0.2, 0) is 0 Å². The van der Waals surface area contributed by atoms with E-state index in [4.69, 9.17) is 4.42 Å². The Kier molecular flexibility index (Phi) is 3.16. The van der Waals surface area contributed by atoms with Gasteiger partial charge in [-0.2, -0.15) is 0 Å². The molecule has 5 aromatic rings. The number of hydrogen-bond donors (Lipinski definition) is 0. The Morgan fingerprint density at radius 1 is 0.750 bits per heavy atom. The Hall–Kier alpha value is -3.26. The molecule has 0 amide bonds. The molecular formula is C26H21NO. The van der Waals surface area contributed by atoms with Crippen molar-refractivity contribution in [2.45, 2.75) is 26.7 Å². The van der Waals surface area contributed by atoms with E-state index in [-0.39, 0.29) is 0 Å². The highest BCUT2D eigenvalue weighted by Crippen LogP contribution is 2.39. The summed E-state index contributed by atoms with van der Waals surface area (Å²) in [6.07, 6.45) is 8.80. The third kappa shape index (κ3) is 2.15. The summed E-state index contributed by atoms with van der Waals surface area (Å²) in [6.45, 7) is 4.30. The molecule has 28 heavy (non-hydrogen) atoms. The van der Waals surface area contributed by atoms with Crippen LogP contribution < -0.4 is 0 Å². The predicted molar refractivity (Wildman–Crippen MR) is 119 cm³/mol. The Balaban J connectivity index is 1.81. The van der Waals surface area contributed by atoms with E-state index in [0.29, 0.717) is 0 Å². The van der Waals surface area contributed by atoms with Gasteiger partial charge in [0.25, 0.3) is 0 Å². The third-order valence-electron chi connectivity index (χ3n) is 5.95. The molecule has 1 aliphatic carbocycles. The molecule has 0 fully saturated rings. The van der Waals surface area contributed by atoms with Gasteiger partial charge in [-0.05, 0) is 63.1 Å². The first-order chi connectivity index (χ1) is 13.7. The molecule has 0 unspecified atom stereocenters. The second kappa shape index (κ2) is 5.62. The summed E-state index contributed by atoms with van der Waals surface area (Å²) in [5.41, 5.74) is 8.31. The molecule has 3 aromatic carbocycles. The summed E-state index contributed by atoms with van der Waals surface area (Å²) in [5, 5.41) is 5.01. The smallest absolute Gasteiger partial charge is 0.137 e. The van der Waals surface area contributed by atoms with Gasteiger partial charge >= 0.3 is 0 Å². The zero-order valence-electron chi connectivity index (χ0n) is 16.1. The number of fused-ring (bicyclic) bond motifs is 6. The molecule has 0 atom stereocenters. The number of aromatic nitrogens is 1. The number of hydrogen-bond acceptors (Lipinski definition) is 1. The molecule has 2 heteroatoms. The molecule has 0 aliphatic heterocycles. The van der Waals surface area contributed by atoms with E-state index in [9.17, 15) is 0 Å². The molecule has 136 valence electrons. The second-order valence-electron chi connectivity index (χ2n) is 7.95. The van der Waals surface area contributed by atoms with E-state index in [1.54, 1.807) is 0 Å². The number of allylic oxidation sites excluding steroid dienone is 4. The molecule has 2 heterocycles. The summed E-state index contributed by atoms with van der Waals surface area (Å²) in [7, 11) is 0. The molecule has 2 aromatic heterocycles. The molecule has 0 bridgehead atoms. The fourth-order valence-electron chi connectivity index (χ4n) is 4.60. The summed E-state index contributed by atoms with van der Waals surface area (Å²) >= 11 is 0. The fraction of sp³-hybridized carbons (Fsp3) is 0.154. The quantitative estimate of drug-likeness (QED) is 0.301. The Morgan fingerprint density at radius 3 is 2.32 bits per heavy atom. The lowest BCUT2D eigenvalue weighted by molar-refractivity contribution is 0.669. The van der Waals surface area contributed by atoms with E-state index in [1.165, 1.54) is 49.4 Å². The Labute approximate surface area is 163 Å². The number of rotatable bonds is 1. The molecular weight excluding hydrogens is 342 g/mol. The fourth-order valence-corrected chi connectivity index (χ4v) is 4.60. The largest absolute Gasteiger partial charge is 0.456 e. The topological polar surface area (TPSA) is 18.1 Å². The van der Waals surface area contributed by atoms with E-state index >= 15 is 0 Å². The lowest BCUT2D eigenvalue weighted by Gasteiger charge is -2.13. The molecule has 0 radical (unpaired) electrons. The lowest BCUT2D eigenvalue weighted by Crippen LogP contribution is -1.98. The van der Waals surface area contributed by atoms with E-state index in [0.717, 1.165) is 24.0 Å². The van der Waals surface area contributed by atoms with Gasteiger partial charge in [-0.25, -0.2) is 0 Å². The second-order valence-corrected chi connectivity index (χ2v) is 7.95. The van der Waals surface area contributed by atoms with Gasteiger partial charge in [0.2, 0.25) is 0 Å². The number of furan rings is 1. The first kappa shape index (κ1) is 15.8. The SMILES string of the molecule is Cc1ccc2oc3cc4c(cc3c2c1)c1cc(C)ccc1n4C1=CC=CCC1. The van der Waals surface area contributed by atoms with Crippen LogP contribution in [0, 0.1) is 13.8 Å². The van der Waals surface area contributed by atoms with Gasteiger partial charge in [-0.15, -0.1) is 0 Å². The standard InChI is InChI=1S/C26H21NO/c1-16-8-10-23-19(12-16)20-14-22-21-13-17(2)9-11-25(21)28-26(22)15-24(20)27(23)18-6-4-3-5-7-18/h3-4,6,8-15H,5,7H2,1-2H3. The Bertz CT molecular complexity index is 1470. The zero-order chi connectivity index (χ0) is 18.8. The van der Waals surface area contributed by atoms with Crippen LogP contribution in [0.4, 0.5) is 0 Å². The van der Waals surface area contributed by atoms with Gasteiger partial charge in [0, 0.05) is 33.3 Å². The van der Waals surface area contributed by atoms with Gasteiger partial charge in [-0.3, -0.25) is 0 Å². The van der Waals surface area contributed by atoms with Crippen LogP contribution in [-0.4, -0.2) is 4.57 Å². The summed E-state index contributed by atoms with van der Waals surface area (Å²) in [6, 6.07) is 17.8. The minimum absolute atomic E-state index is 0.958. The van der Waals surface area contributed by atoms with Crippen molar-refractivity contribution < 1.29 is 4.42 Å². The highest BCUT2D eigenvalue weighted by atomic mass is 16.3. The van der Waals surface area contributed by atoms with Crippen LogP contribution in [0.15, 0.2) is 71.2 Å². The molecule has 2 nitrogen and oxygen atoms in total. The molecule has 1 aliphatic rings. The van der Waals surface area contributed by atoms with Crippen molar-refractivity contribution in [3.05, 3.63) is 77.9 Å². The normalized spacial score (nSPS) is 14.6. The van der Waals surface area contributed by atoms with Crippen molar-refractivity contribution >= 4 is 49.4 Å². The molecule has 6 rings (SSSR count). The van der Waals surface area contributed by atoms with E-state index in [2.05, 4.69) is 85.2 Å². The average molecular weight is 363 g/mol. The van der Waals surface area contributed by atoms with E-state index < -0.39 is 0 Å². The van der Waals surface area contributed by atoms with Crippen LogP contribution in [0.2, 0.25) is 0 Å². The maximum absolute atomic E-state index is 6.23. The van der Waals surface area contributed by atoms with Crippen LogP contribution in [0.25, 0.3) is 49.4 Å². The average Bonchev–Trinajstić information content (AvgIpc) is 3.21. The summed E-state index contributed by atoms with van der Waals surface area (Å²) in [5.74, 6) is 0. The van der Waals surface area contributed by atoms with Gasteiger partial charge in [-0.1, -0.05) is 35.4 Å². The first-order valence-electron chi connectivity index (χ1n) is 9.93. The molecule has 0 spiro atoms. The van der Waals surface area contributed by atoms with Crippen molar-refractivity contribution in [1.82, 2.24) is 4.57 Å². The molecule has 0 saturated heterocycles. The van der Waals surface area contributed by atoms with Crippen LogP contribution >= 0.6 is 0 Å². The van der Waals surface area contributed by atoms with E-state index in [1.807, 2.05) is 0 Å². The van der Waals surface area contributed by atoms with Crippen molar-refractivity contribution in [2.75, 3.05) is 0 Å². The third-order valence-corrected chi connectivity index (χ3v) is 5.95. The van der Waals surface area contributed by atoms with Gasteiger partial charge in [0.1, 0.15) is 11.2 Å². The maximum Gasteiger partial charge on any atom is 0.137 e. The minimum Gasteiger partial charge on any atom is -0.456 e. The van der Waals surface area contributed by atoms with Crippen molar-refractivity contribution in [3.8, 4) is 0 Å². The van der Waals surface area contributed by atoms with Gasteiger partial charge < -0.3 is 8.98 Å². The number of nitrogens with zero attached hydrogens (tertiary/aromatic N) is 1. The van der Waals surface area contributed by atoms with Gasteiger partial charge in [0.05, 0.1) is 11.0 Å². The summed E-state index contributed by atoms with van der Waals surface area (Å²) in [4.78, 5) is 0. The summed E-state index contributed by atoms with van der Waals surface area (Å²) < 4.78 is 8.65. The number of aryl methyl sites for hydroxylation is 2. The molecule has 0 N–H and O–H groups in total. The highest BCUT2D eigenvalue weighted by Gasteiger charge is 2.17. The highest BCUT2D eigenvalue weighted by molar-refractivity contribution is 6.17. The van der Waals surface area contributed by atoms with Crippen molar-refractivity contribution in [3.63, 3.8) is 0 Å². The minimum atomic E-state index is 0.958. The monoisotopic (exact) mass is 363 g/mol. The lowest BCUT2D eigenvalue weighted by atomic mass is 10.1. The van der Waals surface area contributed by atoms with Crippen LogP contribution in [0.1, 0.15) is 24.0 Å². The van der Waals surface area contributed by atoms with Crippen LogP contribution in [0.5, 0.6) is 0 Å². The zero-order valence-corrected chi connectivity index (χ0v) is 16.1. The number of benzene rings is 3. The maximum atomic E-state index is 6.23. The van der Waals surface area contributed by atoms with Crippen molar-refractivity contribution in [2.24, 2.45) is 0 Å². The Morgan fingerprint density at radius 2 is 1.50 bits per heavy atom.